The largest absolute Gasteiger partial charge is 0.449 e. The fourth-order valence-corrected chi connectivity index (χ4v) is 2.36. The van der Waals surface area contributed by atoms with Crippen molar-refractivity contribution in [2.45, 2.75) is 39.2 Å². The highest BCUT2D eigenvalue weighted by Crippen LogP contribution is 2.22. The Hall–Kier alpha value is -0.870. The monoisotopic (exact) mass is 238 g/mol. The maximum absolute atomic E-state index is 9.38. The molecule has 0 spiro atoms. The molecular formula is C13H22N2O2. The van der Waals surface area contributed by atoms with Crippen molar-refractivity contribution in [1.82, 2.24) is 9.88 Å². The van der Waals surface area contributed by atoms with Crippen LogP contribution in [0.4, 0.5) is 0 Å². The van der Waals surface area contributed by atoms with Crippen molar-refractivity contribution < 1.29 is 9.52 Å². The van der Waals surface area contributed by atoms with Crippen molar-refractivity contribution in [2.75, 3.05) is 19.6 Å². The van der Waals surface area contributed by atoms with Gasteiger partial charge in [0.25, 0.3) is 0 Å². The number of hydrogen-bond donors (Lipinski definition) is 1. The van der Waals surface area contributed by atoms with Crippen LogP contribution in [0.25, 0.3) is 0 Å². The first-order chi connectivity index (χ1) is 8.19. The van der Waals surface area contributed by atoms with E-state index in [0.717, 1.165) is 18.9 Å². The predicted octanol–water partition coefficient (Wildman–Crippen LogP) is 2.00. The Kier molecular flexibility index (Phi) is 4.18. The number of aromatic nitrogens is 1. The number of rotatable bonds is 4. The quantitative estimate of drug-likeness (QED) is 0.871. The van der Waals surface area contributed by atoms with Crippen LogP contribution in [-0.2, 0) is 6.42 Å². The van der Waals surface area contributed by atoms with Crippen molar-refractivity contribution in [3.63, 3.8) is 0 Å². The molecule has 0 aromatic carbocycles. The highest BCUT2D eigenvalue weighted by atomic mass is 16.3. The van der Waals surface area contributed by atoms with Gasteiger partial charge in [0, 0.05) is 6.42 Å². The molecule has 2 rings (SSSR count). The molecule has 17 heavy (non-hydrogen) atoms. The van der Waals surface area contributed by atoms with E-state index in [9.17, 15) is 5.11 Å². The maximum atomic E-state index is 9.38. The summed E-state index contributed by atoms with van der Waals surface area (Å²) in [4.78, 5) is 6.79. The molecule has 1 unspecified atom stereocenters. The normalized spacial score (nSPS) is 20.6. The molecule has 4 heteroatoms. The number of aliphatic hydroxyl groups excluding tert-OH is 1. The smallest absolute Gasteiger partial charge is 0.194 e. The van der Waals surface area contributed by atoms with E-state index in [2.05, 4.69) is 16.8 Å². The van der Waals surface area contributed by atoms with E-state index in [1.165, 1.54) is 25.9 Å². The highest BCUT2D eigenvalue weighted by molar-refractivity contribution is 5.00. The molecule has 0 radical (unpaired) electrons. The Morgan fingerprint density at radius 1 is 1.53 bits per heavy atom. The number of aliphatic hydroxyl groups is 1. The SMILES string of the molecule is CCN1CCC(Cc2nc(C(C)O)co2)CC1. The highest BCUT2D eigenvalue weighted by Gasteiger charge is 2.20. The van der Waals surface area contributed by atoms with Crippen LogP contribution in [0.2, 0.25) is 0 Å². The number of likely N-dealkylation sites (tertiary alicyclic amines) is 1. The van der Waals surface area contributed by atoms with E-state index in [1.54, 1.807) is 13.2 Å². The van der Waals surface area contributed by atoms with E-state index < -0.39 is 6.10 Å². The van der Waals surface area contributed by atoms with Crippen LogP contribution in [0.3, 0.4) is 0 Å². The third-order valence-electron chi connectivity index (χ3n) is 3.62. The van der Waals surface area contributed by atoms with Gasteiger partial charge in [-0.3, -0.25) is 0 Å². The van der Waals surface area contributed by atoms with E-state index in [-0.39, 0.29) is 0 Å². The van der Waals surface area contributed by atoms with Gasteiger partial charge in [-0.05, 0) is 45.3 Å². The fourth-order valence-electron chi connectivity index (χ4n) is 2.36. The second-order valence-corrected chi connectivity index (χ2v) is 4.92. The molecule has 1 aromatic heterocycles. The van der Waals surface area contributed by atoms with E-state index >= 15 is 0 Å². The standard InChI is InChI=1S/C13H22N2O2/c1-3-15-6-4-11(5-7-15)8-13-14-12(9-17-13)10(2)16/h9-11,16H,3-8H2,1-2H3. The van der Waals surface area contributed by atoms with E-state index in [0.29, 0.717) is 11.6 Å². The Labute approximate surface area is 103 Å². The summed E-state index contributed by atoms with van der Waals surface area (Å²) in [5.41, 5.74) is 0.644. The van der Waals surface area contributed by atoms with Crippen LogP contribution in [0.15, 0.2) is 10.7 Å². The number of piperidine rings is 1. The van der Waals surface area contributed by atoms with Crippen molar-refractivity contribution in [3.05, 3.63) is 17.8 Å². The van der Waals surface area contributed by atoms with Crippen molar-refractivity contribution in [2.24, 2.45) is 5.92 Å². The predicted molar refractivity (Wildman–Crippen MR) is 65.7 cm³/mol. The zero-order chi connectivity index (χ0) is 12.3. The zero-order valence-electron chi connectivity index (χ0n) is 10.7. The maximum Gasteiger partial charge on any atom is 0.194 e. The van der Waals surface area contributed by atoms with Crippen LogP contribution in [0.1, 0.15) is 44.4 Å². The second kappa shape index (κ2) is 5.65. The average Bonchev–Trinajstić information content (AvgIpc) is 2.79. The summed E-state index contributed by atoms with van der Waals surface area (Å²) in [6, 6.07) is 0. The summed E-state index contributed by atoms with van der Waals surface area (Å²) in [7, 11) is 0. The summed E-state index contributed by atoms with van der Waals surface area (Å²) >= 11 is 0. The minimum Gasteiger partial charge on any atom is -0.449 e. The lowest BCUT2D eigenvalue weighted by Crippen LogP contribution is -2.34. The molecular weight excluding hydrogens is 216 g/mol. The van der Waals surface area contributed by atoms with Gasteiger partial charge in [0.15, 0.2) is 5.89 Å². The summed E-state index contributed by atoms with van der Waals surface area (Å²) in [6.45, 7) is 7.44. The lowest BCUT2D eigenvalue weighted by atomic mass is 9.93. The van der Waals surface area contributed by atoms with Gasteiger partial charge in [-0.1, -0.05) is 6.92 Å². The molecule has 1 aliphatic rings. The van der Waals surface area contributed by atoms with Crippen LogP contribution in [0, 0.1) is 5.92 Å². The van der Waals surface area contributed by atoms with Crippen molar-refractivity contribution in [1.29, 1.82) is 0 Å². The van der Waals surface area contributed by atoms with Gasteiger partial charge in [-0.2, -0.15) is 0 Å². The number of nitrogens with zero attached hydrogens (tertiary/aromatic N) is 2. The first-order valence-corrected chi connectivity index (χ1v) is 6.53. The molecule has 1 atom stereocenters. The zero-order valence-corrected chi connectivity index (χ0v) is 10.7. The molecule has 1 saturated heterocycles. The third kappa shape index (κ3) is 3.30. The summed E-state index contributed by atoms with van der Waals surface area (Å²) < 4.78 is 5.40. The fraction of sp³-hybridized carbons (Fsp3) is 0.769. The molecule has 1 N–H and O–H groups in total. The first-order valence-electron chi connectivity index (χ1n) is 6.53. The Bertz CT molecular complexity index is 341. The first kappa shape index (κ1) is 12.6. The van der Waals surface area contributed by atoms with Crippen molar-refractivity contribution >= 4 is 0 Å². The molecule has 1 aliphatic heterocycles. The van der Waals surface area contributed by atoms with Crippen LogP contribution in [-0.4, -0.2) is 34.6 Å². The third-order valence-corrected chi connectivity index (χ3v) is 3.62. The lowest BCUT2D eigenvalue weighted by molar-refractivity contribution is 0.187. The number of oxazole rings is 1. The van der Waals surface area contributed by atoms with E-state index in [4.69, 9.17) is 4.42 Å². The molecule has 0 amide bonds. The Balaban J connectivity index is 1.84. The molecule has 0 aliphatic carbocycles. The van der Waals surface area contributed by atoms with Gasteiger partial charge in [0.2, 0.25) is 0 Å². The Morgan fingerprint density at radius 3 is 2.76 bits per heavy atom. The van der Waals surface area contributed by atoms with E-state index in [1.807, 2.05) is 0 Å². The van der Waals surface area contributed by atoms with Gasteiger partial charge < -0.3 is 14.4 Å². The molecule has 96 valence electrons. The molecule has 4 nitrogen and oxygen atoms in total. The summed E-state index contributed by atoms with van der Waals surface area (Å²) in [5, 5.41) is 9.38. The molecule has 0 bridgehead atoms. The molecule has 0 saturated carbocycles. The lowest BCUT2D eigenvalue weighted by Gasteiger charge is -2.30. The molecule has 1 aromatic rings. The minimum atomic E-state index is -0.533. The van der Waals surface area contributed by atoms with Gasteiger partial charge >= 0.3 is 0 Å². The van der Waals surface area contributed by atoms with Crippen LogP contribution in [0.5, 0.6) is 0 Å². The topological polar surface area (TPSA) is 49.5 Å². The van der Waals surface area contributed by atoms with Crippen LogP contribution < -0.4 is 0 Å². The van der Waals surface area contributed by atoms with Gasteiger partial charge in [0.1, 0.15) is 12.0 Å². The summed E-state index contributed by atoms with van der Waals surface area (Å²) in [6.07, 6.45) is 4.39. The Morgan fingerprint density at radius 2 is 2.24 bits per heavy atom. The molecule has 2 heterocycles. The minimum absolute atomic E-state index is 0.533. The average molecular weight is 238 g/mol. The van der Waals surface area contributed by atoms with Gasteiger partial charge in [0.05, 0.1) is 6.10 Å². The van der Waals surface area contributed by atoms with Gasteiger partial charge in [-0.15, -0.1) is 0 Å². The van der Waals surface area contributed by atoms with Crippen LogP contribution >= 0.6 is 0 Å². The number of hydrogen-bond acceptors (Lipinski definition) is 4. The second-order valence-electron chi connectivity index (χ2n) is 4.92. The summed E-state index contributed by atoms with van der Waals surface area (Å²) in [5.74, 6) is 1.45. The van der Waals surface area contributed by atoms with Gasteiger partial charge in [-0.25, -0.2) is 4.98 Å². The molecule has 1 fully saturated rings. The van der Waals surface area contributed by atoms with Crippen molar-refractivity contribution in [3.8, 4) is 0 Å².